The van der Waals surface area contributed by atoms with Gasteiger partial charge in [0.2, 0.25) is 0 Å². The van der Waals surface area contributed by atoms with E-state index in [1.54, 1.807) is 0 Å². The highest BCUT2D eigenvalue weighted by Gasteiger charge is 2.18. The van der Waals surface area contributed by atoms with Gasteiger partial charge >= 0.3 is 5.97 Å². The molecule has 0 fully saturated rings. The Labute approximate surface area is 155 Å². The molecular formula is C20H18ClNO2S. The molecule has 4 rings (SSSR count). The quantitative estimate of drug-likeness (QED) is 0.707. The van der Waals surface area contributed by atoms with Crippen molar-refractivity contribution in [2.24, 2.45) is 0 Å². The second-order valence-electron chi connectivity index (χ2n) is 6.42. The van der Waals surface area contributed by atoms with Crippen LogP contribution in [0.1, 0.15) is 22.4 Å². The van der Waals surface area contributed by atoms with Gasteiger partial charge in [-0.2, -0.15) is 0 Å². The molecule has 0 saturated heterocycles. The lowest BCUT2D eigenvalue weighted by Gasteiger charge is -2.07. The molecule has 0 amide bonds. The topological polar surface area (TPSA) is 42.2 Å². The van der Waals surface area contributed by atoms with Crippen LogP contribution in [-0.2, 0) is 24.2 Å². The van der Waals surface area contributed by atoms with E-state index in [-0.39, 0.29) is 6.54 Å². The summed E-state index contributed by atoms with van der Waals surface area (Å²) in [6.45, 7) is 1.96. The van der Waals surface area contributed by atoms with Crippen molar-refractivity contribution in [3.8, 4) is 0 Å². The zero-order valence-corrected chi connectivity index (χ0v) is 15.5. The minimum atomic E-state index is -0.837. The number of halogens is 1. The molecule has 25 heavy (non-hydrogen) atoms. The fraction of sp³-hybridized carbons (Fsp3) is 0.250. The van der Waals surface area contributed by atoms with Crippen molar-refractivity contribution in [3.63, 3.8) is 0 Å². The van der Waals surface area contributed by atoms with Crippen LogP contribution in [0, 0.1) is 6.92 Å². The lowest BCUT2D eigenvalue weighted by molar-refractivity contribution is -0.137. The molecule has 2 aromatic carbocycles. The number of nitrogens with zero attached hydrogens (tertiary/aromatic N) is 1. The summed E-state index contributed by atoms with van der Waals surface area (Å²) >= 11 is 8.12. The maximum absolute atomic E-state index is 11.3. The Morgan fingerprint density at radius 1 is 1.28 bits per heavy atom. The number of fused-ring (bicyclic) bond motifs is 2. The molecule has 0 bridgehead atoms. The summed E-state index contributed by atoms with van der Waals surface area (Å²) in [5, 5.41) is 11.0. The molecule has 0 saturated carbocycles. The van der Waals surface area contributed by atoms with Crippen LogP contribution in [0.25, 0.3) is 10.9 Å². The average Bonchev–Trinajstić information content (AvgIpc) is 3.13. The number of carbonyl (C=O) groups is 1. The van der Waals surface area contributed by atoms with Gasteiger partial charge < -0.3 is 9.67 Å². The van der Waals surface area contributed by atoms with E-state index in [2.05, 4.69) is 18.2 Å². The zero-order chi connectivity index (χ0) is 17.6. The molecular weight excluding hydrogens is 354 g/mol. The van der Waals surface area contributed by atoms with Crippen molar-refractivity contribution in [1.82, 2.24) is 4.57 Å². The third-order valence-corrected chi connectivity index (χ3v) is 6.20. The Bertz CT molecular complexity index is 993. The van der Waals surface area contributed by atoms with E-state index in [1.807, 2.05) is 41.5 Å². The van der Waals surface area contributed by atoms with Gasteiger partial charge in [0.1, 0.15) is 6.54 Å². The molecule has 0 unspecified atom stereocenters. The monoisotopic (exact) mass is 371 g/mol. The average molecular weight is 372 g/mol. The zero-order valence-electron chi connectivity index (χ0n) is 13.9. The first kappa shape index (κ1) is 16.6. The molecule has 0 aliphatic carbocycles. The molecule has 5 heteroatoms. The number of thioether (sulfide) groups is 1. The highest BCUT2D eigenvalue weighted by molar-refractivity contribution is 7.99. The lowest BCUT2D eigenvalue weighted by atomic mass is 10.00. The van der Waals surface area contributed by atoms with Gasteiger partial charge in [-0.1, -0.05) is 23.7 Å². The van der Waals surface area contributed by atoms with Crippen LogP contribution in [0.5, 0.6) is 0 Å². The van der Waals surface area contributed by atoms with Crippen molar-refractivity contribution in [3.05, 3.63) is 63.8 Å². The van der Waals surface area contributed by atoms with Crippen LogP contribution in [0.3, 0.4) is 0 Å². The van der Waals surface area contributed by atoms with Crippen LogP contribution in [0.4, 0.5) is 0 Å². The second kappa shape index (κ2) is 6.43. The van der Waals surface area contributed by atoms with E-state index < -0.39 is 5.97 Å². The number of carboxylic acid groups (broad SMARTS) is 1. The Morgan fingerprint density at radius 3 is 2.92 bits per heavy atom. The van der Waals surface area contributed by atoms with Gasteiger partial charge in [0, 0.05) is 32.3 Å². The number of aromatic nitrogens is 1. The maximum Gasteiger partial charge on any atom is 0.323 e. The highest BCUT2D eigenvalue weighted by atomic mass is 35.5. The van der Waals surface area contributed by atoms with Crippen molar-refractivity contribution in [1.29, 1.82) is 0 Å². The van der Waals surface area contributed by atoms with Crippen LogP contribution >= 0.6 is 23.4 Å². The van der Waals surface area contributed by atoms with Gasteiger partial charge in [0.25, 0.3) is 0 Å². The summed E-state index contributed by atoms with van der Waals surface area (Å²) in [5.41, 5.74) is 5.76. The van der Waals surface area contributed by atoms with E-state index in [0.717, 1.165) is 40.8 Å². The molecule has 1 N–H and O–H groups in total. The third-order valence-electron chi connectivity index (χ3n) is 4.84. The smallest absolute Gasteiger partial charge is 0.323 e. The van der Waals surface area contributed by atoms with Crippen LogP contribution in [0.2, 0.25) is 5.02 Å². The largest absolute Gasteiger partial charge is 0.480 e. The summed E-state index contributed by atoms with van der Waals surface area (Å²) in [5.74, 6) is 0.321. The van der Waals surface area contributed by atoms with Gasteiger partial charge in [0.05, 0.1) is 0 Å². The molecule has 1 aliphatic heterocycles. The Morgan fingerprint density at radius 2 is 2.12 bits per heavy atom. The number of rotatable bonds is 4. The van der Waals surface area contributed by atoms with E-state index in [0.29, 0.717) is 5.02 Å². The Hall–Kier alpha value is -1.91. The van der Waals surface area contributed by atoms with Crippen molar-refractivity contribution in [2.75, 3.05) is 5.75 Å². The first-order valence-corrected chi connectivity index (χ1v) is 9.63. The molecule has 3 nitrogen and oxygen atoms in total. The SMILES string of the molecule is Cc1c(Cc2ccc3c(c2)CCS3)c2cc(Cl)ccc2n1CC(=O)O. The Kier molecular flexibility index (Phi) is 4.26. The van der Waals surface area contributed by atoms with Crippen LogP contribution in [-0.4, -0.2) is 21.4 Å². The number of aryl methyl sites for hydroxylation is 1. The summed E-state index contributed by atoms with van der Waals surface area (Å²) in [7, 11) is 0. The van der Waals surface area contributed by atoms with Crippen molar-refractivity contribution < 1.29 is 9.90 Å². The summed E-state index contributed by atoms with van der Waals surface area (Å²) < 4.78 is 1.87. The molecule has 128 valence electrons. The molecule has 0 atom stereocenters. The standard InChI is InChI=1S/C20H18ClNO2S/c1-12-16(9-13-2-5-19-14(8-13)6-7-25-19)17-10-15(21)3-4-18(17)22(12)11-20(23)24/h2-5,8,10H,6-7,9,11H2,1H3,(H,23,24). The van der Waals surface area contributed by atoms with Gasteiger partial charge in [-0.3, -0.25) is 4.79 Å². The number of hydrogen-bond donors (Lipinski definition) is 1. The van der Waals surface area contributed by atoms with E-state index in [4.69, 9.17) is 11.6 Å². The van der Waals surface area contributed by atoms with E-state index >= 15 is 0 Å². The first-order valence-electron chi connectivity index (χ1n) is 8.26. The van der Waals surface area contributed by atoms with Gasteiger partial charge in [-0.15, -0.1) is 11.8 Å². The van der Waals surface area contributed by atoms with Gasteiger partial charge in [0.15, 0.2) is 0 Å². The summed E-state index contributed by atoms with van der Waals surface area (Å²) in [6.07, 6.45) is 1.91. The van der Waals surface area contributed by atoms with Crippen LogP contribution < -0.4 is 0 Å². The van der Waals surface area contributed by atoms with Gasteiger partial charge in [-0.25, -0.2) is 0 Å². The summed E-state index contributed by atoms with van der Waals surface area (Å²) in [6, 6.07) is 12.4. The maximum atomic E-state index is 11.3. The molecule has 0 spiro atoms. The minimum absolute atomic E-state index is 0.0369. The fourth-order valence-electron chi connectivity index (χ4n) is 3.64. The number of hydrogen-bond acceptors (Lipinski definition) is 2. The normalized spacial score (nSPS) is 13.4. The van der Waals surface area contributed by atoms with E-state index in [1.165, 1.54) is 16.0 Å². The minimum Gasteiger partial charge on any atom is -0.480 e. The van der Waals surface area contributed by atoms with Crippen molar-refractivity contribution in [2.45, 2.75) is 31.2 Å². The first-order chi connectivity index (χ1) is 12.0. The Balaban J connectivity index is 1.82. The van der Waals surface area contributed by atoms with Gasteiger partial charge in [-0.05, 0) is 60.7 Å². The lowest BCUT2D eigenvalue weighted by Crippen LogP contribution is -2.10. The second-order valence-corrected chi connectivity index (χ2v) is 8.00. The molecule has 2 heterocycles. The molecule has 3 aromatic rings. The van der Waals surface area contributed by atoms with E-state index in [9.17, 15) is 9.90 Å². The molecule has 0 radical (unpaired) electrons. The number of aliphatic carboxylic acids is 1. The molecule has 1 aromatic heterocycles. The predicted octanol–water partition coefficient (Wildman–Crippen LogP) is 4.93. The molecule has 1 aliphatic rings. The van der Waals surface area contributed by atoms with Crippen LogP contribution in [0.15, 0.2) is 41.3 Å². The predicted molar refractivity (Wildman–Crippen MR) is 103 cm³/mol. The highest BCUT2D eigenvalue weighted by Crippen LogP contribution is 2.34. The number of carboxylic acids is 1. The fourth-order valence-corrected chi connectivity index (χ4v) is 4.86. The number of benzene rings is 2. The third kappa shape index (κ3) is 3.05. The summed E-state index contributed by atoms with van der Waals surface area (Å²) in [4.78, 5) is 12.7. The van der Waals surface area contributed by atoms with Crippen molar-refractivity contribution >= 4 is 40.2 Å².